The topological polar surface area (TPSA) is 78.8 Å². The third kappa shape index (κ3) is 4.52. The number of phenols is 2. The minimum atomic E-state index is -0.0893. The lowest BCUT2D eigenvalue weighted by molar-refractivity contribution is 0.104. The fourth-order valence-electron chi connectivity index (χ4n) is 4.53. The van der Waals surface area contributed by atoms with Crippen LogP contribution in [0.15, 0.2) is 66.7 Å². The van der Waals surface area contributed by atoms with Crippen LogP contribution >= 0.6 is 11.3 Å². The van der Waals surface area contributed by atoms with Gasteiger partial charge in [-0.15, -0.1) is 11.3 Å². The smallest absolute Gasteiger partial charge is 0.195 e. The van der Waals surface area contributed by atoms with Crippen LogP contribution in [-0.4, -0.2) is 34.7 Å². The van der Waals surface area contributed by atoms with Gasteiger partial charge in [-0.2, -0.15) is 0 Å². The van der Waals surface area contributed by atoms with Gasteiger partial charge < -0.3 is 20.3 Å². The summed E-state index contributed by atoms with van der Waals surface area (Å²) in [6.07, 6.45) is 3.59. The predicted octanol–water partition coefficient (Wildman–Crippen LogP) is 6.12. The van der Waals surface area contributed by atoms with Crippen LogP contribution in [0.5, 0.6) is 17.2 Å². The molecule has 2 atom stereocenters. The van der Waals surface area contributed by atoms with Crippen molar-refractivity contribution in [2.75, 3.05) is 6.54 Å². The molecule has 0 saturated carbocycles. The Kier molecular flexibility index (Phi) is 6.26. The second kappa shape index (κ2) is 9.49. The van der Waals surface area contributed by atoms with Crippen LogP contribution in [0.4, 0.5) is 0 Å². The van der Waals surface area contributed by atoms with Gasteiger partial charge in [0.15, 0.2) is 5.78 Å². The number of piperidine rings is 1. The van der Waals surface area contributed by atoms with Gasteiger partial charge in [-0.25, -0.2) is 0 Å². The monoisotopic (exact) mass is 473 g/mol. The maximum atomic E-state index is 13.7. The fraction of sp³-hybridized carbons (Fsp3) is 0.250. The van der Waals surface area contributed by atoms with Gasteiger partial charge in [0.2, 0.25) is 0 Å². The average Bonchev–Trinajstić information content (AvgIpc) is 3.23. The minimum absolute atomic E-state index is 0.0523. The van der Waals surface area contributed by atoms with Crippen molar-refractivity contribution in [3.05, 3.63) is 77.9 Å². The Hall–Kier alpha value is -3.35. The van der Waals surface area contributed by atoms with E-state index in [1.165, 1.54) is 24.2 Å². The van der Waals surface area contributed by atoms with Gasteiger partial charge in [0.05, 0.1) is 0 Å². The molecule has 0 spiro atoms. The maximum Gasteiger partial charge on any atom is 0.195 e. The Morgan fingerprint density at radius 3 is 2.44 bits per heavy atom. The molecule has 34 heavy (non-hydrogen) atoms. The molecule has 3 N–H and O–H groups in total. The summed E-state index contributed by atoms with van der Waals surface area (Å²) in [7, 11) is 0. The molecule has 1 saturated heterocycles. The number of ketones is 1. The predicted molar refractivity (Wildman–Crippen MR) is 136 cm³/mol. The van der Waals surface area contributed by atoms with E-state index < -0.39 is 0 Å². The van der Waals surface area contributed by atoms with Crippen molar-refractivity contribution in [3.8, 4) is 27.7 Å². The normalized spacial score (nSPS) is 16.9. The van der Waals surface area contributed by atoms with Crippen LogP contribution in [0, 0.1) is 0 Å². The van der Waals surface area contributed by atoms with Crippen molar-refractivity contribution in [1.29, 1.82) is 0 Å². The van der Waals surface area contributed by atoms with Crippen LogP contribution in [0.3, 0.4) is 0 Å². The van der Waals surface area contributed by atoms with Crippen molar-refractivity contribution in [2.24, 2.45) is 0 Å². The van der Waals surface area contributed by atoms with E-state index in [1.54, 1.807) is 42.5 Å². The van der Waals surface area contributed by atoms with Gasteiger partial charge in [-0.05, 0) is 98.6 Å². The van der Waals surface area contributed by atoms with E-state index in [0.717, 1.165) is 39.2 Å². The summed E-state index contributed by atoms with van der Waals surface area (Å²) in [5.41, 5.74) is 2.01. The van der Waals surface area contributed by atoms with Crippen molar-refractivity contribution in [2.45, 2.75) is 38.3 Å². The standard InChI is InChI=1S/C28H27NO4S/c1-17(24-4-2-3-15-29-24)33-22-12-7-18(8-13-22)27(32)26-23-14-11-21(31)16-25(23)34-28(26)19-5-9-20(30)10-6-19/h5-14,16-17,24,29-31H,2-4,15H2,1H3. The van der Waals surface area contributed by atoms with Gasteiger partial charge in [-0.3, -0.25) is 4.79 Å². The van der Waals surface area contributed by atoms with Gasteiger partial charge in [0, 0.05) is 32.1 Å². The Morgan fingerprint density at radius 2 is 1.74 bits per heavy atom. The molecule has 0 aliphatic carbocycles. The molecule has 3 aromatic carbocycles. The number of nitrogens with one attached hydrogen (secondary N) is 1. The zero-order valence-corrected chi connectivity index (χ0v) is 19.8. The summed E-state index contributed by atoms with van der Waals surface area (Å²) in [5.74, 6) is 0.987. The number of phenolic OH excluding ortho intramolecular Hbond substituents is 2. The quantitative estimate of drug-likeness (QED) is 0.294. The number of rotatable bonds is 6. The zero-order valence-electron chi connectivity index (χ0n) is 19.0. The number of aromatic hydroxyl groups is 2. The van der Waals surface area contributed by atoms with E-state index in [4.69, 9.17) is 4.74 Å². The summed E-state index contributed by atoms with van der Waals surface area (Å²) in [6.45, 7) is 3.11. The number of thiophene rings is 1. The third-order valence-electron chi connectivity index (χ3n) is 6.38. The molecule has 2 heterocycles. The van der Waals surface area contributed by atoms with Crippen molar-refractivity contribution >= 4 is 27.2 Å². The highest BCUT2D eigenvalue weighted by molar-refractivity contribution is 7.22. The molecule has 1 fully saturated rings. The molecule has 2 unspecified atom stereocenters. The van der Waals surface area contributed by atoms with E-state index in [-0.39, 0.29) is 23.4 Å². The van der Waals surface area contributed by atoms with Crippen molar-refractivity contribution < 1.29 is 19.7 Å². The molecule has 174 valence electrons. The maximum absolute atomic E-state index is 13.7. The highest BCUT2D eigenvalue weighted by Crippen LogP contribution is 2.41. The number of hydrogen-bond donors (Lipinski definition) is 3. The number of carbonyl (C=O) groups excluding carboxylic acids is 1. The number of benzene rings is 3. The molecule has 6 heteroatoms. The SMILES string of the molecule is CC(Oc1ccc(C(=O)c2c(-c3ccc(O)cc3)sc3cc(O)ccc23)cc1)C1CCCCN1. The van der Waals surface area contributed by atoms with Gasteiger partial charge in [0.1, 0.15) is 23.4 Å². The van der Waals surface area contributed by atoms with E-state index in [0.29, 0.717) is 17.2 Å². The van der Waals surface area contributed by atoms with Crippen LogP contribution < -0.4 is 10.1 Å². The molecule has 5 rings (SSSR count). The van der Waals surface area contributed by atoms with Crippen molar-refractivity contribution in [3.63, 3.8) is 0 Å². The summed E-state index contributed by atoms with van der Waals surface area (Å²) in [4.78, 5) is 14.5. The number of ether oxygens (including phenoxy) is 1. The lowest BCUT2D eigenvalue weighted by Crippen LogP contribution is -2.44. The molecule has 1 aliphatic rings. The minimum Gasteiger partial charge on any atom is -0.508 e. The average molecular weight is 474 g/mol. The summed E-state index contributed by atoms with van der Waals surface area (Å²) >= 11 is 1.45. The van der Waals surface area contributed by atoms with E-state index in [9.17, 15) is 15.0 Å². The summed E-state index contributed by atoms with van der Waals surface area (Å²) in [6, 6.07) is 19.6. The number of carbonyl (C=O) groups is 1. The van der Waals surface area contributed by atoms with E-state index in [2.05, 4.69) is 12.2 Å². The Morgan fingerprint density at radius 1 is 1.00 bits per heavy atom. The largest absolute Gasteiger partial charge is 0.508 e. The first-order chi connectivity index (χ1) is 16.5. The molecule has 0 amide bonds. The number of fused-ring (bicyclic) bond motifs is 1. The summed E-state index contributed by atoms with van der Waals surface area (Å²) in [5, 5.41) is 24.0. The second-order valence-corrected chi connectivity index (χ2v) is 9.82. The Balaban J connectivity index is 1.45. The molecule has 4 aromatic rings. The van der Waals surface area contributed by atoms with Crippen LogP contribution in [0.2, 0.25) is 0 Å². The zero-order chi connectivity index (χ0) is 23.7. The van der Waals surface area contributed by atoms with Gasteiger partial charge in [-0.1, -0.05) is 6.42 Å². The van der Waals surface area contributed by atoms with Gasteiger partial charge in [0.25, 0.3) is 0 Å². The van der Waals surface area contributed by atoms with Crippen LogP contribution in [0.25, 0.3) is 20.5 Å². The van der Waals surface area contributed by atoms with Gasteiger partial charge >= 0.3 is 0 Å². The van der Waals surface area contributed by atoms with Crippen molar-refractivity contribution in [1.82, 2.24) is 5.32 Å². The second-order valence-electron chi connectivity index (χ2n) is 8.77. The van der Waals surface area contributed by atoms with E-state index >= 15 is 0 Å². The summed E-state index contributed by atoms with van der Waals surface area (Å²) < 4.78 is 6.98. The lowest BCUT2D eigenvalue weighted by atomic mass is 9.97. The fourth-order valence-corrected chi connectivity index (χ4v) is 5.77. The highest BCUT2D eigenvalue weighted by Gasteiger charge is 2.23. The molecule has 1 aliphatic heterocycles. The van der Waals surface area contributed by atoms with Crippen LogP contribution in [-0.2, 0) is 0 Å². The van der Waals surface area contributed by atoms with Crippen LogP contribution in [0.1, 0.15) is 42.1 Å². The molecule has 1 aromatic heterocycles. The lowest BCUT2D eigenvalue weighted by Gasteiger charge is -2.29. The first-order valence-corrected chi connectivity index (χ1v) is 12.4. The Labute approximate surface area is 202 Å². The molecule has 5 nitrogen and oxygen atoms in total. The first kappa shape index (κ1) is 22.4. The molecular weight excluding hydrogens is 446 g/mol. The van der Waals surface area contributed by atoms with E-state index in [1.807, 2.05) is 24.3 Å². The molecular formula is C28H27NO4S. The molecule has 0 bridgehead atoms. The number of hydrogen-bond acceptors (Lipinski definition) is 6. The first-order valence-electron chi connectivity index (χ1n) is 11.6. The molecule has 0 radical (unpaired) electrons. The third-order valence-corrected chi connectivity index (χ3v) is 7.59. The highest BCUT2D eigenvalue weighted by atomic mass is 32.1. The Bertz CT molecular complexity index is 1310.